The first-order chi connectivity index (χ1) is 8.72. The molecule has 0 aliphatic carbocycles. The fourth-order valence-electron chi connectivity index (χ4n) is 2.16. The first-order valence-electron chi connectivity index (χ1n) is 6.48. The highest BCUT2D eigenvalue weighted by atomic mass is 15.1. The summed E-state index contributed by atoms with van der Waals surface area (Å²) in [5.41, 5.74) is 4.09. The monoisotopic (exact) mass is 243 g/mol. The standard InChI is InChI=1S/C15H21N3/c1-4-16-10-15-17-8-9-18(15)11-14-12(2)6-5-7-13(14)3/h5-9,16H,4,10-11H2,1-3H3. The van der Waals surface area contributed by atoms with Gasteiger partial charge in [0.25, 0.3) is 0 Å². The second kappa shape index (κ2) is 5.83. The van der Waals surface area contributed by atoms with Gasteiger partial charge in [0.1, 0.15) is 5.82 Å². The molecular weight excluding hydrogens is 222 g/mol. The minimum atomic E-state index is 0.828. The van der Waals surface area contributed by atoms with Crippen LogP contribution in [0.5, 0.6) is 0 Å². The Balaban J connectivity index is 2.21. The zero-order valence-corrected chi connectivity index (χ0v) is 11.4. The zero-order valence-electron chi connectivity index (χ0n) is 11.4. The maximum absolute atomic E-state index is 4.41. The van der Waals surface area contributed by atoms with E-state index in [2.05, 4.69) is 60.0 Å². The molecule has 3 heteroatoms. The molecule has 0 aliphatic heterocycles. The molecule has 2 rings (SSSR count). The average Bonchev–Trinajstić information content (AvgIpc) is 2.79. The van der Waals surface area contributed by atoms with Gasteiger partial charge < -0.3 is 9.88 Å². The van der Waals surface area contributed by atoms with E-state index in [0.29, 0.717) is 0 Å². The highest BCUT2D eigenvalue weighted by Gasteiger charge is 2.06. The highest BCUT2D eigenvalue weighted by molar-refractivity contribution is 5.33. The van der Waals surface area contributed by atoms with Gasteiger partial charge in [-0.15, -0.1) is 0 Å². The second-order valence-corrected chi connectivity index (χ2v) is 4.62. The normalized spacial score (nSPS) is 10.8. The van der Waals surface area contributed by atoms with Crippen molar-refractivity contribution in [2.75, 3.05) is 6.54 Å². The number of rotatable bonds is 5. The van der Waals surface area contributed by atoms with Crippen LogP contribution in [0.15, 0.2) is 30.6 Å². The van der Waals surface area contributed by atoms with Gasteiger partial charge in [0.2, 0.25) is 0 Å². The fraction of sp³-hybridized carbons (Fsp3) is 0.400. The topological polar surface area (TPSA) is 29.9 Å². The third kappa shape index (κ3) is 2.79. The van der Waals surface area contributed by atoms with Crippen molar-refractivity contribution < 1.29 is 0 Å². The minimum Gasteiger partial charge on any atom is -0.329 e. The summed E-state index contributed by atoms with van der Waals surface area (Å²) >= 11 is 0. The maximum Gasteiger partial charge on any atom is 0.122 e. The van der Waals surface area contributed by atoms with Crippen LogP contribution in [0.25, 0.3) is 0 Å². The molecule has 96 valence electrons. The Bertz CT molecular complexity index is 494. The third-order valence-electron chi connectivity index (χ3n) is 3.31. The lowest BCUT2D eigenvalue weighted by atomic mass is 10.0. The minimum absolute atomic E-state index is 0.828. The van der Waals surface area contributed by atoms with Gasteiger partial charge in [-0.25, -0.2) is 4.98 Å². The van der Waals surface area contributed by atoms with Gasteiger partial charge in [-0.1, -0.05) is 25.1 Å². The van der Waals surface area contributed by atoms with Gasteiger partial charge in [0, 0.05) is 18.9 Å². The van der Waals surface area contributed by atoms with Gasteiger partial charge in [-0.3, -0.25) is 0 Å². The number of benzene rings is 1. The summed E-state index contributed by atoms with van der Waals surface area (Å²) < 4.78 is 2.22. The van der Waals surface area contributed by atoms with Crippen LogP contribution < -0.4 is 5.32 Å². The molecule has 0 amide bonds. The van der Waals surface area contributed by atoms with Crippen molar-refractivity contribution in [2.24, 2.45) is 0 Å². The summed E-state index contributed by atoms with van der Waals surface area (Å²) in [6, 6.07) is 6.45. The Morgan fingerprint density at radius 1 is 1.22 bits per heavy atom. The van der Waals surface area contributed by atoms with Crippen molar-refractivity contribution in [1.82, 2.24) is 14.9 Å². The molecular formula is C15H21N3. The lowest BCUT2D eigenvalue weighted by molar-refractivity contribution is 0.637. The molecule has 1 heterocycles. The number of nitrogens with zero attached hydrogens (tertiary/aromatic N) is 2. The molecule has 18 heavy (non-hydrogen) atoms. The van der Waals surface area contributed by atoms with E-state index in [1.165, 1.54) is 16.7 Å². The van der Waals surface area contributed by atoms with Crippen molar-refractivity contribution in [3.63, 3.8) is 0 Å². The summed E-state index contributed by atoms with van der Waals surface area (Å²) in [4.78, 5) is 4.41. The lowest BCUT2D eigenvalue weighted by Crippen LogP contribution is -2.17. The maximum atomic E-state index is 4.41. The van der Waals surface area contributed by atoms with E-state index >= 15 is 0 Å². The van der Waals surface area contributed by atoms with E-state index in [1.54, 1.807) is 0 Å². The van der Waals surface area contributed by atoms with Crippen molar-refractivity contribution in [1.29, 1.82) is 0 Å². The van der Waals surface area contributed by atoms with Gasteiger partial charge in [-0.05, 0) is 37.1 Å². The van der Waals surface area contributed by atoms with Crippen LogP contribution in [-0.4, -0.2) is 16.1 Å². The molecule has 1 aromatic heterocycles. The Morgan fingerprint density at radius 3 is 2.61 bits per heavy atom. The molecule has 1 aromatic carbocycles. The molecule has 3 nitrogen and oxygen atoms in total. The van der Waals surface area contributed by atoms with E-state index in [9.17, 15) is 0 Å². The van der Waals surface area contributed by atoms with Crippen molar-refractivity contribution in [3.05, 3.63) is 53.1 Å². The molecule has 0 fully saturated rings. The summed E-state index contributed by atoms with van der Waals surface area (Å²) in [5.74, 6) is 1.10. The summed E-state index contributed by atoms with van der Waals surface area (Å²) in [6.07, 6.45) is 3.93. The van der Waals surface area contributed by atoms with Gasteiger partial charge >= 0.3 is 0 Å². The van der Waals surface area contributed by atoms with Gasteiger partial charge in [0.15, 0.2) is 0 Å². The molecule has 0 saturated carbocycles. The number of hydrogen-bond donors (Lipinski definition) is 1. The predicted octanol–water partition coefficient (Wildman–Crippen LogP) is 2.66. The second-order valence-electron chi connectivity index (χ2n) is 4.62. The Labute approximate surface area is 109 Å². The van der Waals surface area contributed by atoms with Gasteiger partial charge in [0.05, 0.1) is 6.54 Å². The molecule has 0 spiro atoms. The van der Waals surface area contributed by atoms with Crippen LogP contribution in [0.1, 0.15) is 29.4 Å². The number of nitrogens with one attached hydrogen (secondary N) is 1. The largest absolute Gasteiger partial charge is 0.329 e. The first-order valence-corrected chi connectivity index (χ1v) is 6.48. The van der Waals surface area contributed by atoms with Crippen LogP contribution in [0.3, 0.4) is 0 Å². The number of hydrogen-bond acceptors (Lipinski definition) is 2. The van der Waals surface area contributed by atoms with Crippen molar-refractivity contribution in [2.45, 2.75) is 33.9 Å². The smallest absolute Gasteiger partial charge is 0.122 e. The quantitative estimate of drug-likeness (QED) is 0.875. The van der Waals surface area contributed by atoms with Crippen molar-refractivity contribution in [3.8, 4) is 0 Å². The molecule has 0 bridgehead atoms. The molecule has 1 N–H and O–H groups in total. The summed E-state index contributed by atoms with van der Waals surface area (Å²) in [5, 5.41) is 3.32. The van der Waals surface area contributed by atoms with Gasteiger partial charge in [-0.2, -0.15) is 0 Å². The van der Waals surface area contributed by atoms with E-state index in [0.717, 1.165) is 25.5 Å². The zero-order chi connectivity index (χ0) is 13.0. The van der Waals surface area contributed by atoms with E-state index < -0.39 is 0 Å². The number of aromatic nitrogens is 2. The van der Waals surface area contributed by atoms with Crippen molar-refractivity contribution >= 4 is 0 Å². The van der Waals surface area contributed by atoms with Crippen LogP contribution >= 0.6 is 0 Å². The Kier molecular flexibility index (Phi) is 4.15. The molecule has 0 saturated heterocycles. The molecule has 0 unspecified atom stereocenters. The summed E-state index contributed by atoms with van der Waals surface area (Å²) in [6.45, 7) is 9.15. The van der Waals surface area contributed by atoms with E-state index in [4.69, 9.17) is 0 Å². The first kappa shape index (κ1) is 12.8. The average molecular weight is 243 g/mol. The molecule has 0 radical (unpaired) electrons. The molecule has 2 aromatic rings. The summed E-state index contributed by atoms with van der Waals surface area (Å²) in [7, 11) is 0. The Hall–Kier alpha value is -1.61. The molecule has 0 atom stereocenters. The Morgan fingerprint density at radius 2 is 1.94 bits per heavy atom. The van der Waals surface area contributed by atoms with Crippen LogP contribution in [0.4, 0.5) is 0 Å². The fourth-order valence-corrected chi connectivity index (χ4v) is 2.16. The predicted molar refractivity (Wildman–Crippen MR) is 74.6 cm³/mol. The lowest BCUT2D eigenvalue weighted by Gasteiger charge is -2.13. The highest BCUT2D eigenvalue weighted by Crippen LogP contribution is 2.15. The number of aryl methyl sites for hydroxylation is 2. The third-order valence-corrected chi connectivity index (χ3v) is 3.31. The van der Waals surface area contributed by atoms with Crippen LogP contribution in [0, 0.1) is 13.8 Å². The van der Waals surface area contributed by atoms with Crippen LogP contribution in [-0.2, 0) is 13.1 Å². The SMILES string of the molecule is CCNCc1nccn1Cc1c(C)cccc1C. The van der Waals surface area contributed by atoms with Crippen LogP contribution in [0.2, 0.25) is 0 Å². The number of imidazole rings is 1. The van der Waals surface area contributed by atoms with E-state index in [-0.39, 0.29) is 0 Å². The molecule has 0 aliphatic rings. The van der Waals surface area contributed by atoms with E-state index in [1.807, 2.05) is 6.20 Å².